The van der Waals surface area contributed by atoms with E-state index in [4.69, 9.17) is 9.47 Å². The molecule has 1 saturated heterocycles. The molecule has 2 heterocycles. The number of amides is 1. The number of anilines is 2. The van der Waals surface area contributed by atoms with Crippen molar-refractivity contribution in [2.45, 2.75) is 32.3 Å². The molecule has 4 rings (SSSR count). The second kappa shape index (κ2) is 9.00. The molecule has 32 heavy (non-hydrogen) atoms. The van der Waals surface area contributed by atoms with E-state index in [1.807, 2.05) is 51.1 Å². The molecule has 2 aliphatic heterocycles. The minimum Gasteiger partial charge on any atom is -0.495 e. The van der Waals surface area contributed by atoms with Crippen LogP contribution in [-0.4, -0.2) is 68.5 Å². The molecule has 1 amide bonds. The van der Waals surface area contributed by atoms with Crippen LogP contribution in [0.15, 0.2) is 36.4 Å². The molecule has 0 saturated carbocycles. The molecule has 2 aromatic rings. The number of aryl methyl sites for hydroxylation is 1. The van der Waals surface area contributed by atoms with Crippen LogP contribution in [0.3, 0.4) is 0 Å². The Morgan fingerprint density at radius 3 is 2.59 bits per heavy atom. The van der Waals surface area contributed by atoms with Crippen LogP contribution in [0.5, 0.6) is 11.5 Å². The van der Waals surface area contributed by atoms with Crippen molar-refractivity contribution in [2.75, 3.05) is 56.7 Å². The highest BCUT2D eigenvalue weighted by Crippen LogP contribution is 2.41. The maximum absolute atomic E-state index is 12.2. The molecule has 0 bridgehead atoms. The first kappa shape index (κ1) is 22.4. The fourth-order valence-corrected chi connectivity index (χ4v) is 4.49. The number of carbonyl (C=O) groups excluding carboxylic acids is 1. The zero-order chi connectivity index (χ0) is 22.9. The summed E-state index contributed by atoms with van der Waals surface area (Å²) in [6.07, 6.45) is -0.589. The fraction of sp³-hybridized carbons (Fsp3) is 0.480. The highest BCUT2D eigenvalue weighted by Gasteiger charge is 2.39. The number of aliphatic hydroxyl groups is 1. The van der Waals surface area contributed by atoms with Gasteiger partial charge in [-0.3, -0.25) is 9.69 Å². The number of ether oxygens (including phenoxy) is 2. The van der Waals surface area contributed by atoms with Crippen molar-refractivity contribution in [1.82, 2.24) is 4.90 Å². The average Bonchev–Trinajstić information content (AvgIpc) is 3.02. The molecule has 0 spiro atoms. The van der Waals surface area contributed by atoms with Gasteiger partial charge >= 0.3 is 0 Å². The number of nitrogens with one attached hydrogen (secondary N) is 1. The van der Waals surface area contributed by atoms with Crippen molar-refractivity contribution in [1.29, 1.82) is 0 Å². The Morgan fingerprint density at radius 2 is 1.88 bits per heavy atom. The average molecular weight is 440 g/mol. The van der Waals surface area contributed by atoms with Gasteiger partial charge in [0.15, 0.2) is 0 Å². The van der Waals surface area contributed by atoms with Gasteiger partial charge in [0.05, 0.1) is 18.2 Å². The number of piperazine rings is 1. The van der Waals surface area contributed by atoms with Crippen molar-refractivity contribution >= 4 is 17.3 Å². The lowest BCUT2D eigenvalue weighted by atomic mass is 9.85. The standard InChI is InChI=1S/C25H33N3O4/c1-17-13-19(14-20-23(17)26-24(30)25(20,2)3)32-16-18(29)15-27-9-11-28(12-10-27)21-7-5-6-8-22(21)31-4/h5-8,13-14,18,29H,9-12,15-16H2,1-4H3,(H,26,30). The van der Waals surface area contributed by atoms with Crippen LogP contribution >= 0.6 is 0 Å². The molecular formula is C25H33N3O4. The Kier molecular flexibility index (Phi) is 6.31. The second-order valence-corrected chi connectivity index (χ2v) is 9.17. The van der Waals surface area contributed by atoms with Gasteiger partial charge in [0.25, 0.3) is 0 Å². The monoisotopic (exact) mass is 439 g/mol. The van der Waals surface area contributed by atoms with Gasteiger partial charge in [-0.1, -0.05) is 12.1 Å². The van der Waals surface area contributed by atoms with Gasteiger partial charge in [-0.25, -0.2) is 0 Å². The normalized spacial score (nSPS) is 18.8. The summed E-state index contributed by atoms with van der Waals surface area (Å²) < 4.78 is 11.4. The molecule has 1 atom stereocenters. The van der Waals surface area contributed by atoms with Crippen LogP contribution in [0, 0.1) is 6.92 Å². The number of nitrogens with zero attached hydrogens (tertiary/aromatic N) is 2. The highest BCUT2D eigenvalue weighted by molar-refractivity contribution is 6.06. The van der Waals surface area contributed by atoms with E-state index in [9.17, 15) is 9.90 Å². The second-order valence-electron chi connectivity index (χ2n) is 9.17. The van der Waals surface area contributed by atoms with Crippen molar-refractivity contribution in [3.63, 3.8) is 0 Å². The largest absolute Gasteiger partial charge is 0.495 e. The van der Waals surface area contributed by atoms with Crippen LogP contribution in [0.4, 0.5) is 11.4 Å². The Hall–Kier alpha value is -2.77. The summed E-state index contributed by atoms with van der Waals surface area (Å²) in [7, 11) is 1.70. The lowest BCUT2D eigenvalue weighted by molar-refractivity contribution is -0.119. The van der Waals surface area contributed by atoms with Gasteiger partial charge in [0, 0.05) is 38.4 Å². The molecule has 7 nitrogen and oxygen atoms in total. The summed E-state index contributed by atoms with van der Waals surface area (Å²) in [6.45, 7) is 10.1. The zero-order valence-electron chi connectivity index (χ0n) is 19.4. The molecule has 2 N–H and O–H groups in total. The van der Waals surface area contributed by atoms with Crippen LogP contribution in [0.2, 0.25) is 0 Å². The molecule has 172 valence electrons. The third-order valence-corrected chi connectivity index (χ3v) is 6.50. The predicted molar refractivity (Wildman–Crippen MR) is 126 cm³/mol. The van der Waals surface area contributed by atoms with E-state index in [-0.39, 0.29) is 12.5 Å². The molecule has 0 radical (unpaired) electrons. The summed E-state index contributed by atoms with van der Waals surface area (Å²) in [5.41, 5.74) is 3.32. The van der Waals surface area contributed by atoms with E-state index >= 15 is 0 Å². The molecule has 1 fully saturated rings. The van der Waals surface area contributed by atoms with Crippen LogP contribution in [0.25, 0.3) is 0 Å². The van der Waals surface area contributed by atoms with Gasteiger partial charge in [-0.05, 0) is 56.2 Å². The maximum Gasteiger partial charge on any atom is 0.234 e. The number of hydrogen-bond acceptors (Lipinski definition) is 6. The Bertz CT molecular complexity index is 983. The number of benzene rings is 2. The van der Waals surface area contributed by atoms with Gasteiger partial charge in [0.2, 0.25) is 5.91 Å². The van der Waals surface area contributed by atoms with E-state index in [1.165, 1.54) is 0 Å². The van der Waals surface area contributed by atoms with Crippen molar-refractivity contribution < 1.29 is 19.4 Å². The number of β-amino-alcohol motifs (C(OH)–C–C–N with tert-alkyl or cyclic N) is 1. The highest BCUT2D eigenvalue weighted by atomic mass is 16.5. The number of fused-ring (bicyclic) bond motifs is 1. The number of rotatable bonds is 7. The summed E-state index contributed by atoms with van der Waals surface area (Å²) in [5.74, 6) is 1.57. The summed E-state index contributed by atoms with van der Waals surface area (Å²) in [6, 6.07) is 11.9. The van der Waals surface area contributed by atoms with Gasteiger partial charge in [0.1, 0.15) is 24.2 Å². The van der Waals surface area contributed by atoms with Gasteiger partial charge in [-0.2, -0.15) is 0 Å². The van der Waals surface area contributed by atoms with E-state index in [0.717, 1.165) is 54.4 Å². The van der Waals surface area contributed by atoms with Crippen molar-refractivity contribution in [3.05, 3.63) is 47.5 Å². The van der Waals surface area contributed by atoms with E-state index in [1.54, 1.807) is 7.11 Å². The first-order valence-electron chi connectivity index (χ1n) is 11.2. The minimum absolute atomic E-state index is 0.0000460. The first-order valence-corrected chi connectivity index (χ1v) is 11.2. The SMILES string of the molecule is COc1ccccc1N1CCN(CC(O)COc2cc(C)c3c(c2)C(C)(C)C(=O)N3)CC1. The van der Waals surface area contributed by atoms with Gasteiger partial charge < -0.3 is 24.8 Å². The van der Waals surface area contributed by atoms with Crippen molar-refractivity contribution in [2.24, 2.45) is 0 Å². The lowest BCUT2D eigenvalue weighted by Gasteiger charge is -2.37. The van der Waals surface area contributed by atoms with E-state index in [0.29, 0.717) is 12.3 Å². The fourth-order valence-electron chi connectivity index (χ4n) is 4.49. The van der Waals surface area contributed by atoms with E-state index in [2.05, 4.69) is 21.2 Å². The number of para-hydroxylation sites is 2. The molecular weight excluding hydrogens is 406 g/mol. The minimum atomic E-state index is -0.589. The predicted octanol–water partition coefficient (Wildman–Crippen LogP) is 2.80. The quantitative estimate of drug-likeness (QED) is 0.691. The summed E-state index contributed by atoms with van der Waals surface area (Å²) in [4.78, 5) is 16.8. The summed E-state index contributed by atoms with van der Waals surface area (Å²) in [5, 5.41) is 13.5. The Morgan fingerprint density at radius 1 is 1.16 bits per heavy atom. The van der Waals surface area contributed by atoms with E-state index < -0.39 is 11.5 Å². The topological polar surface area (TPSA) is 74.3 Å². The van der Waals surface area contributed by atoms with Crippen LogP contribution in [-0.2, 0) is 10.2 Å². The molecule has 7 heteroatoms. The molecule has 1 unspecified atom stereocenters. The lowest BCUT2D eigenvalue weighted by Crippen LogP contribution is -2.49. The van der Waals surface area contributed by atoms with Crippen molar-refractivity contribution in [3.8, 4) is 11.5 Å². The smallest absolute Gasteiger partial charge is 0.234 e. The summed E-state index contributed by atoms with van der Waals surface area (Å²) >= 11 is 0. The number of aliphatic hydroxyl groups excluding tert-OH is 1. The molecule has 0 aliphatic carbocycles. The molecule has 2 aromatic carbocycles. The maximum atomic E-state index is 12.2. The third-order valence-electron chi connectivity index (χ3n) is 6.50. The first-order chi connectivity index (χ1) is 15.3. The third kappa shape index (κ3) is 4.40. The number of carbonyl (C=O) groups is 1. The van der Waals surface area contributed by atoms with Crippen LogP contribution < -0.4 is 19.7 Å². The zero-order valence-corrected chi connectivity index (χ0v) is 19.4. The molecule has 0 aromatic heterocycles. The van der Waals surface area contributed by atoms with Crippen LogP contribution in [0.1, 0.15) is 25.0 Å². The number of hydrogen-bond donors (Lipinski definition) is 2. The Labute approximate surface area is 189 Å². The Balaban J connectivity index is 1.29. The van der Waals surface area contributed by atoms with Gasteiger partial charge in [-0.15, -0.1) is 0 Å². The number of methoxy groups -OCH3 is 1. The molecule has 2 aliphatic rings.